The zero-order valence-corrected chi connectivity index (χ0v) is 15.7. The standard InChI is InChI=1S/C22H22N2O3/c1-14-8-10-17(11-9-14)24-15(2)12-19(16(24)3)20(25)13-27-21-7-5-4-6-18(21)22(23)26/h4-12H,13H2,1-3H3,(H2,23,26). The van der Waals surface area contributed by atoms with Gasteiger partial charge in [0, 0.05) is 22.6 Å². The minimum Gasteiger partial charge on any atom is -0.485 e. The molecule has 0 radical (unpaired) electrons. The Bertz CT molecular complexity index is 1000. The van der Waals surface area contributed by atoms with Gasteiger partial charge in [-0.1, -0.05) is 29.8 Å². The number of ether oxygens (including phenoxy) is 1. The van der Waals surface area contributed by atoms with Crippen molar-refractivity contribution in [3.8, 4) is 11.4 Å². The van der Waals surface area contributed by atoms with Crippen molar-refractivity contribution in [2.45, 2.75) is 20.8 Å². The van der Waals surface area contributed by atoms with Gasteiger partial charge in [-0.3, -0.25) is 9.59 Å². The van der Waals surface area contributed by atoms with Crippen LogP contribution < -0.4 is 10.5 Å². The SMILES string of the molecule is Cc1ccc(-n2c(C)cc(C(=O)COc3ccccc3C(N)=O)c2C)cc1. The molecule has 0 aliphatic heterocycles. The number of Topliss-reactive ketones (excluding diaryl/α,β-unsaturated/α-hetero) is 1. The van der Waals surface area contributed by atoms with Crippen LogP contribution in [0.15, 0.2) is 54.6 Å². The second-order valence-corrected chi connectivity index (χ2v) is 6.53. The van der Waals surface area contributed by atoms with E-state index >= 15 is 0 Å². The molecule has 0 aliphatic carbocycles. The summed E-state index contributed by atoms with van der Waals surface area (Å²) in [5.74, 6) is -0.429. The summed E-state index contributed by atoms with van der Waals surface area (Å²) in [6.45, 7) is 5.75. The zero-order valence-electron chi connectivity index (χ0n) is 15.7. The number of nitrogens with zero attached hydrogens (tertiary/aromatic N) is 1. The van der Waals surface area contributed by atoms with E-state index in [2.05, 4.69) is 0 Å². The highest BCUT2D eigenvalue weighted by atomic mass is 16.5. The smallest absolute Gasteiger partial charge is 0.252 e. The molecule has 138 valence electrons. The largest absolute Gasteiger partial charge is 0.485 e. The highest BCUT2D eigenvalue weighted by Gasteiger charge is 2.18. The lowest BCUT2D eigenvalue weighted by Gasteiger charge is -2.11. The lowest BCUT2D eigenvalue weighted by atomic mass is 10.1. The van der Waals surface area contributed by atoms with Gasteiger partial charge in [-0.15, -0.1) is 0 Å². The first-order valence-corrected chi connectivity index (χ1v) is 8.69. The van der Waals surface area contributed by atoms with Crippen molar-refractivity contribution < 1.29 is 14.3 Å². The van der Waals surface area contributed by atoms with Gasteiger partial charge in [-0.2, -0.15) is 0 Å². The molecule has 0 fully saturated rings. The summed E-state index contributed by atoms with van der Waals surface area (Å²) >= 11 is 0. The number of aryl methyl sites for hydroxylation is 2. The van der Waals surface area contributed by atoms with Crippen LogP contribution in [0.5, 0.6) is 5.75 Å². The van der Waals surface area contributed by atoms with Crippen LogP contribution in [-0.4, -0.2) is 22.9 Å². The fourth-order valence-corrected chi connectivity index (χ4v) is 3.15. The van der Waals surface area contributed by atoms with Gasteiger partial charge in [0.15, 0.2) is 6.61 Å². The topological polar surface area (TPSA) is 74.3 Å². The van der Waals surface area contributed by atoms with Crippen molar-refractivity contribution in [1.82, 2.24) is 4.57 Å². The van der Waals surface area contributed by atoms with E-state index in [0.717, 1.165) is 17.1 Å². The molecule has 2 aromatic carbocycles. The molecule has 0 atom stereocenters. The number of carbonyl (C=O) groups excluding carboxylic acids is 2. The molecule has 1 amide bonds. The van der Waals surface area contributed by atoms with Gasteiger partial charge >= 0.3 is 0 Å². The molecule has 5 heteroatoms. The number of primary amides is 1. The minimum absolute atomic E-state index is 0.152. The van der Waals surface area contributed by atoms with E-state index in [9.17, 15) is 9.59 Å². The normalized spacial score (nSPS) is 10.6. The summed E-state index contributed by atoms with van der Waals surface area (Å²) < 4.78 is 7.63. The maximum atomic E-state index is 12.7. The van der Waals surface area contributed by atoms with Gasteiger partial charge in [0.2, 0.25) is 5.78 Å². The maximum absolute atomic E-state index is 12.7. The number of rotatable bonds is 6. The van der Waals surface area contributed by atoms with Crippen LogP contribution in [0, 0.1) is 20.8 Å². The monoisotopic (exact) mass is 362 g/mol. The Morgan fingerprint density at radius 1 is 0.963 bits per heavy atom. The highest BCUT2D eigenvalue weighted by Crippen LogP contribution is 2.23. The molecule has 2 N–H and O–H groups in total. The van der Waals surface area contributed by atoms with Crippen LogP contribution in [-0.2, 0) is 0 Å². The summed E-state index contributed by atoms with van der Waals surface area (Å²) in [5, 5.41) is 0. The molecule has 0 saturated carbocycles. The molecule has 27 heavy (non-hydrogen) atoms. The average Bonchev–Trinajstić information content (AvgIpc) is 2.95. The summed E-state index contributed by atoms with van der Waals surface area (Å²) in [4.78, 5) is 24.2. The van der Waals surface area contributed by atoms with Crippen molar-refractivity contribution in [3.05, 3.63) is 82.7 Å². The first-order valence-electron chi connectivity index (χ1n) is 8.69. The van der Waals surface area contributed by atoms with Gasteiger partial charge in [-0.25, -0.2) is 0 Å². The molecule has 1 heterocycles. The Labute approximate surface area is 158 Å². The number of para-hydroxylation sites is 1. The molecule has 0 unspecified atom stereocenters. The van der Waals surface area contributed by atoms with Crippen molar-refractivity contribution in [2.75, 3.05) is 6.61 Å². The second kappa shape index (κ2) is 7.50. The van der Waals surface area contributed by atoms with Crippen LogP contribution >= 0.6 is 0 Å². The predicted octanol–water partition coefficient (Wildman–Crippen LogP) is 3.76. The van der Waals surface area contributed by atoms with Gasteiger partial charge in [-0.05, 0) is 51.1 Å². The fourth-order valence-electron chi connectivity index (χ4n) is 3.15. The van der Waals surface area contributed by atoms with E-state index in [1.54, 1.807) is 24.3 Å². The molecule has 0 saturated heterocycles. The fraction of sp³-hybridized carbons (Fsp3) is 0.182. The van der Waals surface area contributed by atoms with Crippen LogP contribution in [0.4, 0.5) is 0 Å². The second-order valence-electron chi connectivity index (χ2n) is 6.53. The summed E-state index contributed by atoms with van der Waals surface area (Å²) in [7, 11) is 0. The summed E-state index contributed by atoms with van der Waals surface area (Å²) in [5.41, 5.74) is 10.2. The van der Waals surface area contributed by atoms with Crippen molar-refractivity contribution in [3.63, 3.8) is 0 Å². The first kappa shape index (κ1) is 18.5. The molecule has 0 bridgehead atoms. The third-order valence-electron chi connectivity index (χ3n) is 4.53. The molecule has 0 aliphatic rings. The Morgan fingerprint density at radius 3 is 2.30 bits per heavy atom. The number of hydrogen-bond donors (Lipinski definition) is 1. The molecular weight excluding hydrogens is 340 g/mol. The molecule has 3 rings (SSSR count). The highest BCUT2D eigenvalue weighted by molar-refractivity contribution is 5.99. The van der Waals surface area contributed by atoms with Crippen molar-refractivity contribution in [1.29, 1.82) is 0 Å². The molecule has 0 spiro atoms. The van der Waals surface area contributed by atoms with Gasteiger partial charge < -0.3 is 15.0 Å². The van der Waals surface area contributed by atoms with Gasteiger partial charge in [0.05, 0.1) is 5.56 Å². The number of hydrogen-bond acceptors (Lipinski definition) is 3. The van der Waals surface area contributed by atoms with E-state index in [1.165, 1.54) is 5.56 Å². The van der Waals surface area contributed by atoms with E-state index in [-0.39, 0.29) is 18.0 Å². The molecule has 3 aromatic rings. The maximum Gasteiger partial charge on any atom is 0.252 e. The Kier molecular flexibility index (Phi) is 5.12. The van der Waals surface area contributed by atoms with Gasteiger partial charge in [0.25, 0.3) is 5.91 Å². The van der Waals surface area contributed by atoms with Gasteiger partial charge in [0.1, 0.15) is 5.75 Å². The van der Waals surface area contributed by atoms with Crippen LogP contribution in [0.2, 0.25) is 0 Å². The summed E-state index contributed by atoms with van der Waals surface area (Å²) in [6, 6.07) is 16.6. The Balaban J connectivity index is 1.83. The zero-order chi connectivity index (χ0) is 19.6. The molecule has 1 aromatic heterocycles. The molecule has 5 nitrogen and oxygen atoms in total. The number of carbonyl (C=O) groups is 2. The number of aromatic nitrogens is 1. The van der Waals surface area contributed by atoms with E-state index < -0.39 is 5.91 Å². The number of ketones is 1. The van der Waals surface area contributed by atoms with Crippen molar-refractivity contribution in [2.24, 2.45) is 5.73 Å². The van der Waals surface area contributed by atoms with E-state index in [0.29, 0.717) is 11.3 Å². The van der Waals surface area contributed by atoms with Crippen LogP contribution in [0.3, 0.4) is 0 Å². The minimum atomic E-state index is -0.587. The number of nitrogens with two attached hydrogens (primary N) is 1. The van der Waals surface area contributed by atoms with Crippen molar-refractivity contribution >= 4 is 11.7 Å². The molecular formula is C22H22N2O3. The lowest BCUT2D eigenvalue weighted by Crippen LogP contribution is -2.17. The quantitative estimate of drug-likeness (QED) is 0.679. The average molecular weight is 362 g/mol. The predicted molar refractivity (Wildman–Crippen MR) is 105 cm³/mol. The summed E-state index contributed by atoms with van der Waals surface area (Å²) in [6.07, 6.45) is 0. The van der Waals surface area contributed by atoms with Crippen LogP contribution in [0.25, 0.3) is 5.69 Å². The lowest BCUT2D eigenvalue weighted by molar-refractivity contribution is 0.0911. The van der Waals surface area contributed by atoms with Crippen LogP contribution in [0.1, 0.15) is 37.7 Å². The van der Waals surface area contributed by atoms with E-state index in [4.69, 9.17) is 10.5 Å². The third-order valence-corrected chi connectivity index (χ3v) is 4.53. The van der Waals surface area contributed by atoms with E-state index in [1.807, 2.05) is 55.7 Å². The number of benzene rings is 2. The Hall–Kier alpha value is -3.34. The third kappa shape index (κ3) is 3.77. The Morgan fingerprint density at radius 2 is 1.63 bits per heavy atom. The first-order chi connectivity index (χ1) is 12.9. The number of amides is 1.